The van der Waals surface area contributed by atoms with Gasteiger partial charge in [0.15, 0.2) is 0 Å². The van der Waals surface area contributed by atoms with Gasteiger partial charge in [0.1, 0.15) is 9.48 Å². The number of alkyl halides is 3. The average Bonchev–Trinajstić information content (AvgIpc) is 2.08. The fraction of sp³-hybridized carbons (Fsp3) is 0.400. The summed E-state index contributed by atoms with van der Waals surface area (Å²) in [5.41, 5.74) is 0. The number of hydrogen-bond donors (Lipinski definition) is 0. The van der Waals surface area contributed by atoms with Crippen molar-refractivity contribution in [2.24, 2.45) is 0 Å². The average molecular weight is 246 g/mol. The smallest absolute Gasteiger partial charge is 0.234 e. The Kier molecular flexibility index (Phi) is 2.24. The minimum Gasteiger partial charge on any atom is -0.234 e. The van der Waals surface area contributed by atoms with Crippen molar-refractivity contribution in [3.05, 3.63) is 14.5 Å². The molecule has 0 unspecified atom stereocenters. The van der Waals surface area contributed by atoms with Crippen LogP contribution in [0.3, 0.4) is 0 Å². The maximum atomic E-state index is 12.0. The van der Waals surface area contributed by atoms with Gasteiger partial charge in [-0.25, -0.2) is 4.98 Å². The fourth-order valence-electron chi connectivity index (χ4n) is 0.576. The number of aryl methyl sites for hydroxylation is 1. The number of aromatic nitrogens is 1. The van der Waals surface area contributed by atoms with E-state index in [0.29, 0.717) is 16.3 Å². The Hall–Kier alpha value is -0.100. The van der Waals surface area contributed by atoms with E-state index >= 15 is 0 Å². The molecule has 0 fully saturated rings. The molecule has 0 bridgehead atoms. The normalized spacial score (nSPS) is 12.1. The molecule has 0 aliphatic carbocycles. The summed E-state index contributed by atoms with van der Waals surface area (Å²) in [6.07, 6.45) is -4.29. The third-order valence-electron chi connectivity index (χ3n) is 0.950. The SMILES string of the molecule is Cc1nc(Br)c(C(F)(F)F)s1. The summed E-state index contributed by atoms with van der Waals surface area (Å²) in [5.74, 6) is 0. The number of rotatable bonds is 0. The van der Waals surface area contributed by atoms with Gasteiger partial charge in [0, 0.05) is 0 Å². The Morgan fingerprint density at radius 3 is 2.18 bits per heavy atom. The molecule has 0 aromatic carbocycles. The van der Waals surface area contributed by atoms with Crippen LogP contribution >= 0.6 is 27.3 Å². The molecule has 1 heterocycles. The second-order valence-electron chi connectivity index (χ2n) is 1.85. The van der Waals surface area contributed by atoms with Gasteiger partial charge in [0.2, 0.25) is 0 Å². The van der Waals surface area contributed by atoms with Gasteiger partial charge < -0.3 is 0 Å². The Balaban J connectivity index is 3.13. The summed E-state index contributed by atoms with van der Waals surface area (Å²) < 4.78 is 35.9. The monoisotopic (exact) mass is 245 g/mol. The Labute approximate surface area is 73.4 Å². The van der Waals surface area contributed by atoms with E-state index in [0.717, 1.165) is 0 Å². The van der Waals surface area contributed by atoms with Crippen LogP contribution in [0.25, 0.3) is 0 Å². The molecular weight excluding hydrogens is 243 g/mol. The molecular formula is C5H3BrF3NS. The van der Waals surface area contributed by atoms with Crippen LogP contribution in [0.1, 0.15) is 9.88 Å². The highest BCUT2D eigenvalue weighted by molar-refractivity contribution is 9.10. The lowest BCUT2D eigenvalue weighted by Gasteiger charge is -2.00. The molecule has 6 heteroatoms. The number of thiazole rings is 1. The summed E-state index contributed by atoms with van der Waals surface area (Å²) in [5, 5.41) is 0.407. The van der Waals surface area contributed by atoms with Crippen LogP contribution in [0.5, 0.6) is 0 Å². The van der Waals surface area contributed by atoms with E-state index in [1.165, 1.54) is 6.92 Å². The molecule has 62 valence electrons. The van der Waals surface area contributed by atoms with E-state index in [2.05, 4.69) is 20.9 Å². The number of halogens is 4. The maximum absolute atomic E-state index is 12.0. The fourth-order valence-corrected chi connectivity index (χ4v) is 2.11. The van der Waals surface area contributed by atoms with E-state index in [9.17, 15) is 13.2 Å². The Bertz CT molecular complexity index is 267. The van der Waals surface area contributed by atoms with Crippen LogP contribution < -0.4 is 0 Å². The summed E-state index contributed by atoms with van der Waals surface area (Å²) in [6, 6.07) is 0. The van der Waals surface area contributed by atoms with Gasteiger partial charge in [-0.15, -0.1) is 11.3 Å². The van der Waals surface area contributed by atoms with Gasteiger partial charge in [0.25, 0.3) is 0 Å². The molecule has 0 aliphatic rings. The topological polar surface area (TPSA) is 12.9 Å². The van der Waals surface area contributed by atoms with Crippen LogP contribution in [0.15, 0.2) is 4.60 Å². The van der Waals surface area contributed by atoms with Gasteiger partial charge >= 0.3 is 6.18 Å². The molecule has 0 radical (unpaired) electrons. The van der Waals surface area contributed by atoms with Crippen molar-refractivity contribution in [1.29, 1.82) is 0 Å². The lowest BCUT2D eigenvalue weighted by molar-refractivity contribution is -0.135. The molecule has 1 aromatic heterocycles. The lowest BCUT2D eigenvalue weighted by Crippen LogP contribution is -2.02. The predicted molar refractivity (Wildman–Crippen MR) is 39.6 cm³/mol. The minimum absolute atomic E-state index is 0.118. The second-order valence-corrected chi connectivity index (χ2v) is 3.80. The van der Waals surface area contributed by atoms with E-state index in [4.69, 9.17) is 0 Å². The van der Waals surface area contributed by atoms with Crippen LogP contribution in [0, 0.1) is 6.92 Å². The van der Waals surface area contributed by atoms with Crippen molar-refractivity contribution in [2.75, 3.05) is 0 Å². The number of hydrogen-bond acceptors (Lipinski definition) is 2. The minimum atomic E-state index is -4.29. The van der Waals surface area contributed by atoms with Gasteiger partial charge in [-0.05, 0) is 22.9 Å². The van der Waals surface area contributed by atoms with Gasteiger partial charge in [-0.3, -0.25) is 0 Å². The van der Waals surface area contributed by atoms with E-state index in [-0.39, 0.29) is 4.60 Å². The van der Waals surface area contributed by atoms with Crippen molar-refractivity contribution in [3.8, 4) is 0 Å². The first-order chi connectivity index (χ1) is 4.91. The molecule has 0 spiro atoms. The molecule has 0 saturated carbocycles. The van der Waals surface area contributed by atoms with Crippen molar-refractivity contribution in [2.45, 2.75) is 13.1 Å². The predicted octanol–water partition coefficient (Wildman–Crippen LogP) is 3.23. The first kappa shape index (κ1) is 8.99. The van der Waals surface area contributed by atoms with Crippen molar-refractivity contribution in [3.63, 3.8) is 0 Å². The zero-order valence-electron chi connectivity index (χ0n) is 5.37. The molecule has 0 saturated heterocycles. The Morgan fingerprint density at radius 2 is 2.00 bits per heavy atom. The quantitative estimate of drug-likeness (QED) is 0.684. The molecule has 0 amide bonds. The van der Waals surface area contributed by atoms with Crippen LogP contribution in [0.2, 0.25) is 0 Å². The summed E-state index contributed by atoms with van der Waals surface area (Å²) in [6.45, 7) is 1.53. The molecule has 0 aliphatic heterocycles. The number of nitrogens with zero attached hydrogens (tertiary/aromatic N) is 1. The molecule has 1 rings (SSSR count). The zero-order chi connectivity index (χ0) is 8.65. The largest absolute Gasteiger partial charge is 0.428 e. The highest BCUT2D eigenvalue weighted by atomic mass is 79.9. The summed E-state index contributed by atoms with van der Waals surface area (Å²) in [7, 11) is 0. The van der Waals surface area contributed by atoms with Crippen molar-refractivity contribution < 1.29 is 13.2 Å². The van der Waals surface area contributed by atoms with Gasteiger partial charge in [0.05, 0.1) is 5.01 Å². The first-order valence-electron chi connectivity index (χ1n) is 2.61. The highest BCUT2D eigenvalue weighted by Gasteiger charge is 2.35. The van der Waals surface area contributed by atoms with Crippen LogP contribution in [-0.2, 0) is 6.18 Å². The van der Waals surface area contributed by atoms with Gasteiger partial charge in [-0.2, -0.15) is 13.2 Å². The van der Waals surface area contributed by atoms with E-state index < -0.39 is 11.1 Å². The molecule has 0 N–H and O–H groups in total. The first-order valence-corrected chi connectivity index (χ1v) is 4.22. The zero-order valence-corrected chi connectivity index (χ0v) is 7.77. The summed E-state index contributed by atoms with van der Waals surface area (Å²) >= 11 is 3.37. The Morgan fingerprint density at radius 1 is 1.45 bits per heavy atom. The van der Waals surface area contributed by atoms with Gasteiger partial charge in [-0.1, -0.05) is 0 Å². The van der Waals surface area contributed by atoms with Crippen LogP contribution in [0.4, 0.5) is 13.2 Å². The molecule has 1 aromatic rings. The third kappa shape index (κ3) is 1.93. The van der Waals surface area contributed by atoms with E-state index in [1.807, 2.05) is 0 Å². The van der Waals surface area contributed by atoms with Crippen LogP contribution in [-0.4, -0.2) is 4.98 Å². The molecule has 0 atom stereocenters. The lowest BCUT2D eigenvalue weighted by atomic mass is 10.5. The second kappa shape index (κ2) is 2.75. The standard InChI is InChI=1S/C5H3BrF3NS/c1-2-10-4(6)3(11-2)5(7,8)9/h1H3. The maximum Gasteiger partial charge on any atom is 0.428 e. The summed E-state index contributed by atoms with van der Waals surface area (Å²) in [4.78, 5) is 2.92. The van der Waals surface area contributed by atoms with Crippen molar-refractivity contribution in [1.82, 2.24) is 4.98 Å². The third-order valence-corrected chi connectivity index (χ3v) is 2.80. The highest BCUT2D eigenvalue weighted by Crippen LogP contribution is 2.38. The van der Waals surface area contributed by atoms with E-state index in [1.54, 1.807) is 0 Å². The van der Waals surface area contributed by atoms with Crippen molar-refractivity contribution >= 4 is 27.3 Å². The molecule has 11 heavy (non-hydrogen) atoms. The molecule has 1 nitrogen and oxygen atoms in total.